The molecule has 2 aromatic rings. The van der Waals surface area contributed by atoms with Gasteiger partial charge in [-0.05, 0) is 35.7 Å². The minimum atomic E-state index is -0.497. The summed E-state index contributed by atoms with van der Waals surface area (Å²) < 4.78 is 17.4. The van der Waals surface area contributed by atoms with Gasteiger partial charge in [0.05, 0.1) is 6.54 Å². The molecule has 0 radical (unpaired) electrons. The van der Waals surface area contributed by atoms with Crippen molar-refractivity contribution in [3.05, 3.63) is 53.6 Å². The number of hydrogen-bond donors (Lipinski definition) is 2. The summed E-state index contributed by atoms with van der Waals surface area (Å²) in [5, 5.41) is 10.7. The van der Waals surface area contributed by atoms with Gasteiger partial charge in [0.25, 0.3) is 0 Å². The van der Waals surface area contributed by atoms with Crippen LogP contribution in [0.2, 0.25) is 0 Å². The van der Waals surface area contributed by atoms with E-state index in [0.29, 0.717) is 38.3 Å². The van der Waals surface area contributed by atoms with E-state index in [2.05, 4.69) is 32.0 Å². The first-order valence-corrected chi connectivity index (χ1v) is 10.8. The predicted molar refractivity (Wildman–Crippen MR) is 112 cm³/mol. The summed E-state index contributed by atoms with van der Waals surface area (Å²) in [7, 11) is 0. The van der Waals surface area contributed by atoms with Crippen molar-refractivity contribution in [2.45, 2.75) is 44.8 Å². The average molecular weight is 399 g/mol. The molecule has 2 aromatic carbocycles. The van der Waals surface area contributed by atoms with Crippen LogP contribution in [-0.4, -0.2) is 44.1 Å². The lowest BCUT2D eigenvalue weighted by Gasteiger charge is -2.26. The molecule has 4 rings (SSSR count). The van der Waals surface area contributed by atoms with Crippen LogP contribution in [0, 0.1) is 0 Å². The number of rotatable bonds is 7. The van der Waals surface area contributed by atoms with Gasteiger partial charge in [0, 0.05) is 18.4 Å². The van der Waals surface area contributed by atoms with Gasteiger partial charge >= 0.3 is 0 Å². The number of ether oxygens (including phenoxy) is 3. The quantitative estimate of drug-likeness (QED) is 0.753. The minimum Gasteiger partial charge on any atom is -0.490 e. The Balaban J connectivity index is 1.37. The number of aliphatic hydroxyl groups excluding tert-OH is 1. The van der Waals surface area contributed by atoms with Crippen LogP contribution in [0.5, 0.6) is 17.2 Å². The Labute approximate surface area is 173 Å². The van der Waals surface area contributed by atoms with Crippen LogP contribution in [0.25, 0.3) is 0 Å². The van der Waals surface area contributed by atoms with Gasteiger partial charge in [-0.3, -0.25) is 0 Å². The molecule has 5 heteroatoms. The second kappa shape index (κ2) is 9.06. The van der Waals surface area contributed by atoms with Gasteiger partial charge in [0.15, 0.2) is 11.5 Å². The zero-order chi connectivity index (χ0) is 20.2. The highest BCUT2D eigenvalue weighted by molar-refractivity contribution is 5.44. The molecule has 0 aliphatic carbocycles. The summed E-state index contributed by atoms with van der Waals surface area (Å²) in [5.41, 5.74) is 2.45. The molecule has 1 unspecified atom stereocenters. The van der Waals surface area contributed by atoms with Crippen molar-refractivity contribution < 1.29 is 24.2 Å². The van der Waals surface area contributed by atoms with E-state index in [0.717, 1.165) is 36.6 Å². The zero-order valence-electron chi connectivity index (χ0n) is 17.4. The number of para-hydroxylation sites is 1. The highest BCUT2D eigenvalue weighted by Crippen LogP contribution is 2.33. The lowest BCUT2D eigenvalue weighted by atomic mass is 10.0. The standard InChI is InChI=1S/C24H31NO4/c1-17(2)20-6-3-4-8-22(20)29-16-19(26)15-25-11-5-7-21(25)18-9-10-23-24(14-18)28-13-12-27-23/h3-4,6,8-10,14,17,19,21,26H,5,7,11-13,15-16H2,1-2H3/p+1/t19-,21-/m1/s1. The highest BCUT2D eigenvalue weighted by atomic mass is 16.6. The third-order valence-electron chi connectivity index (χ3n) is 5.92. The highest BCUT2D eigenvalue weighted by Gasteiger charge is 2.32. The van der Waals surface area contributed by atoms with Gasteiger partial charge < -0.3 is 24.2 Å². The molecule has 0 spiro atoms. The van der Waals surface area contributed by atoms with Gasteiger partial charge in [-0.25, -0.2) is 0 Å². The Bertz CT molecular complexity index is 822. The summed E-state index contributed by atoms with van der Waals surface area (Å²) in [4.78, 5) is 1.41. The van der Waals surface area contributed by atoms with Crippen molar-refractivity contribution >= 4 is 0 Å². The third kappa shape index (κ3) is 4.68. The number of likely N-dealkylation sites (tertiary alicyclic amines) is 1. The van der Waals surface area contributed by atoms with Crippen molar-refractivity contribution in [2.75, 3.05) is 32.9 Å². The number of hydrogen-bond acceptors (Lipinski definition) is 4. The van der Waals surface area contributed by atoms with Gasteiger partial charge in [-0.1, -0.05) is 32.0 Å². The summed E-state index contributed by atoms with van der Waals surface area (Å²) >= 11 is 0. The minimum absolute atomic E-state index is 0.321. The fraction of sp³-hybridized carbons (Fsp3) is 0.500. The summed E-state index contributed by atoms with van der Waals surface area (Å²) in [6.45, 7) is 7.60. The Morgan fingerprint density at radius 3 is 2.72 bits per heavy atom. The molecule has 0 aromatic heterocycles. The Hall–Kier alpha value is -2.24. The lowest BCUT2D eigenvalue weighted by Crippen LogP contribution is -3.11. The van der Waals surface area contributed by atoms with Gasteiger partial charge in [0.2, 0.25) is 0 Å². The normalized spacial score (nSPS) is 21.9. The number of aliphatic hydroxyl groups is 1. The van der Waals surface area contributed by atoms with Crippen LogP contribution in [0.3, 0.4) is 0 Å². The number of benzene rings is 2. The maximum Gasteiger partial charge on any atom is 0.161 e. The molecule has 2 aliphatic rings. The van der Waals surface area contributed by atoms with Crippen LogP contribution in [-0.2, 0) is 0 Å². The predicted octanol–water partition coefficient (Wildman–Crippen LogP) is 2.74. The molecular formula is C24H32NO4+. The number of fused-ring (bicyclic) bond motifs is 1. The lowest BCUT2D eigenvalue weighted by molar-refractivity contribution is -0.921. The van der Waals surface area contributed by atoms with Crippen LogP contribution < -0.4 is 19.1 Å². The van der Waals surface area contributed by atoms with E-state index in [4.69, 9.17) is 14.2 Å². The van der Waals surface area contributed by atoms with E-state index >= 15 is 0 Å². The number of nitrogens with one attached hydrogen (secondary N) is 1. The maximum absolute atomic E-state index is 10.7. The molecular weight excluding hydrogens is 366 g/mol. The monoisotopic (exact) mass is 398 g/mol. The second-order valence-electron chi connectivity index (χ2n) is 8.37. The van der Waals surface area contributed by atoms with E-state index in [1.54, 1.807) is 0 Å². The summed E-state index contributed by atoms with van der Waals surface area (Å²) in [5.74, 6) is 2.94. The smallest absolute Gasteiger partial charge is 0.161 e. The van der Waals surface area contributed by atoms with Crippen molar-refractivity contribution in [3.63, 3.8) is 0 Å². The average Bonchev–Trinajstić information content (AvgIpc) is 3.20. The molecule has 0 amide bonds. The first-order valence-electron chi connectivity index (χ1n) is 10.8. The van der Waals surface area contributed by atoms with Crippen LogP contribution in [0.4, 0.5) is 0 Å². The van der Waals surface area contributed by atoms with E-state index in [1.807, 2.05) is 24.3 Å². The molecule has 1 saturated heterocycles. The maximum atomic E-state index is 10.7. The van der Waals surface area contributed by atoms with E-state index in [-0.39, 0.29) is 0 Å². The Morgan fingerprint density at radius 1 is 1.10 bits per heavy atom. The van der Waals surface area contributed by atoms with Gasteiger partial charge in [-0.2, -0.15) is 0 Å². The fourth-order valence-corrected chi connectivity index (χ4v) is 4.47. The van der Waals surface area contributed by atoms with Gasteiger partial charge in [0.1, 0.15) is 44.3 Å². The molecule has 156 valence electrons. The van der Waals surface area contributed by atoms with Crippen LogP contribution in [0.15, 0.2) is 42.5 Å². The van der Waals surface area contributed by atoms with Crippen molar-refractivity contribution in [3.8, 4) is 17.2 Å². The third-order valence-corrected chi connectivity index (χ3v) is 5.92. The van der Waals surface area contributed by atoms with Gasteiger partial charge in [-0.15, -0.1) is 0 Å². The first kappa shape index (κ1) is 20.0. The van der Waals surface area contributed by atoms with Crippen LogP contribution >= 0.6 is 0 Å². The Morgan fingerprint density at radius 2 is 1.90 bits per heavy atom. The number of quaternary nitrogens is 1. The molecule has 5 nitrogen and oxygen atoms in total. The molecule has 29 heavy (non-hydrogen) atoms. The van der Waals surface area contributed by atoms with E-state index < -0.39 is 6.10 Å². The summed E-state index contributed by atoms with van der Waals surface area (Å²) in [6.07, 6.45) is 1.79. The molecule has 0 saturated carbocycles. The second-order valence-corrected chi connectivity index (χ2v) is 8.37. The largest absolute Gasteiger partial charge is 0.490 e. The fourth-order valence-electron chi connectivity index (χ4n) is 4.47. The van der Waals surface area contributed by atoms with Crippen molar-refractivity contribution in [1.29, 1.82) is 0 Å². The SMILES string of the molecule is CC(C)c1ccccc1OC[C@H](O)C[NH+]1CCC[C@@H]1c1ccc2c(c1)OCCO2. The molecule has 3 atom stereocenters. The molecule has 2 aliphatic heterocycles. The van der Waals surface area contributed by atoms with E-state index in [1.165, 1.54) is 16.0 Å². The Kier molecular flexibility index (Phi) is 6.26. The molecule has 0 bridgehead atoms. The van der Waals surface area contributed by atoms with E-state index in [9.17, 15) is 5.11 Å². The summed E-state index contributed by atoms with van der Waals surface area (Å²) in [6, 6.07) is 14.8. The molecule has 1 fully saturated rings. The van der Waals surface area contributed by atoms with Crippen LogP contribution in [0.1, 0.15) is 49.8 Å². The van der Waals surface area contributed by atoms with Crippen molar-refractivity contribution in [1.82, 2.24) is 0 Å². The topological polar surface area (TPSA) is 52.4 Å². The zero-order valence-corrected chi connectivity index (χ0v) is 17.4. The molecule has 2 heterocycles. The van der Waals surface area contributed by atoms with Crippen molar-refractivity contribution in [2.24, 2.45) is 0 Å². The molecule has 2 N–H and O–H groups in total. The first-order chi connectivity index (χ1) is 14.1.